The fraction of sp³-hybridized carbons (Fsp3) is 0.333. The molecule has 0 spiro atoms. The lowest BCUT2D eigenvalue weighted by Gasteiger charge is -2.09. The van der Waals surface area contributed by atoms with Gasteiger partial charge in [0, 0.05) is 64.4 Å². The number of aromatic nitrogens is 4. The third-order valence-electron chi connectivity index (χ3n) is 4.91. The van der Waals surface area contributed by atoms with E-state index >= 15 is 0 Å². The second kappa shape index (κ2) is 23.9. The van der Waals surface area contributed by atoms with Crippen LogP contribution >= 0.6 is 71.0 Å². The molecule has 15 heteroatoms. The van der Waals surface area contributed by atoms with Crippen LogP contribution in [0.3, 0.4) is 0 Å². The highest BCUT2D eigenvalue weighted by Gasteiger charge is 2.06. The van der Waals surface area contributed by atoms with Crippen molar-refractivity contribution in [3.8, 4) is 28.9 Å². The Morgan fingerprint density at radius 2 is 1.33 bits per heavy atom. The fourth-order valence-electron chi connectivity index (χ4n) is 2.82. The van der Waals surface area contributed by atoms with E-state index in [1.807, 2.05) is 19.1 Å². The molecule has 0 amide bonds. The summed E-state index contributed by atoms with van der Waals surface area (Å²) in [4.78, 5) is 15.4. The van der Waals surface area contributed by atoms with E-state index in [-0.39, 0.29) is 16.7 Å². The van der Waals surface area contributed by atoms with Gasteiger partial charge >= 0.3 is 0 Å². The van der Waals surface area contributed by atoms with Crippen molar-refractivity contribution in [1.29, 1.82) is 0 Å². The summed E-state index contributed by atoms with van der Waals surface area (Å²) < 4.78 is 23.3. The molecule has 0 fully saturated rings. The first-order valence-corrected chi connectivity index (χ1v) is 16.5. The van der Waals surface area contributed by atoms with Gasteiger partial charge in [-0.05, 0) is 84.9 Å². The molecule has 0 aliphatic heterocycles. The Kier molecular flexibility index (Phi) is 21.5. The van der Waals surface area contributed by atoms with Gasteiger partial charge in [0.05, 0.1) is 26.5 Å². The lowest BCUT2D eigenvalue weighted by Crippen LogP contribution is -2.03. The summed E-state index contributed by atoms with van der Waals surface area (Å²) in [5, 5.41) is 18.2. The maximum atomic E-state index is 8.88. The maximum absolute atomic E-state index is 8.88. The minimum Gasteiger partial charge on any atom is -0.506 e. The molecule has 2 N–H and O–H groups in total. The molecule has 0 aromatic carbocycles. The van der Waals surface area contributed by atoms with Crippen molar-refractivity contribution < 1.29 is 29.2 Å². The van der Waals surface area contributed by atoms with Gasteiger partial charge in [0.2, 0.25) is 0 Å². The zero-order chi connectivity index (χ0) is 33.6. The van der Waals surface area contributed by atoms with Crippen LogP contribution in [0, 0.1) is 6.92 Å². The van der Waals surface area contributed by atoms with Gasteiger partial charge in [-0.3, -0.25) is 4.98 Å². The summed E-state index contributed by atoms with van der Waals surface area (Å²) in [6.07, 6.45) is 10.9. The van der Waals surface area contributed by atoms with E-state index in [4.69, 9.17) is 52.4 Å². The summed E-state index contributed by atoms with van der Waals surface area (Å²) in [5.41, 5.74) is 1.07. The van der Waals surface area contributed by atoms with Crippen LogP contribution < -0.4 is 14.2 Å². The zero-order valence-corrected chi connectivity index (χ0v) is 31.4. The van der Waals surface area contributed by atoms with Gasteiger partial charge in [-0.1, -0.05) is 36.5 Å². The molecule has 246 valence electrons. The number of rotatable bonds is 10. The minimum atomic E-state index is -0.00829. The van der Waals surface area contributed by atoms with Crippen LogP contribution in [0.15, 0.2) is 68.7 Å². The van der Waals surface area contributed by atoms with Crippen molar-refractivity contribution in [2.24, 2.45) is 0 Å². The second-order valence-corrected chi connectivity index (χ2v) is 12.1. The molecule has 4 aromatic rings. The van der Waals surface area contributed by atoms with Gasteiger partial charge in [0.1, 0.15) is 5.75 Å². The van der Waals surface area contributed by atoms with E-state index < -0.39 is 0 Å². The van der Waals surface area contributed by atoms with Crippen LogP contribution in [0.2, 0.25) is 10.3 Å². The average molecular weight is 858 g/mol. The van der Waals surface area contributed by atoms with Crippen molar-refractivity contribution in [3.05, 3.63) is 84.5 Å². The Bertz CT molecular complexity index is 1410. The predicted octanol–water partition coefficient (Wildman–Crippen LogP) is 9.24. The molecule has 4 heterocycles. The lowest BCUT2D eigenvalue weighted by molar-refractivity contribution is 0.170. The van der Waals surface area contributed by atoms with Gasteiger partial charge in [-0.2, -0.15) is 0 Å². The Morgan fingerprint density at radius 3 is 1.91 bits per heavy atom. The number of hydrogen-bond donors (Lipinski definition) is 2. The molecule has 0 bridgehead atoms. The SMILES string of the molecule is CCCCOc1cc(C)cnc1Cl.COCCCOc1cc(Br)cnc1OC.Oc1cc(Br)cnc1Cl.Oc1cncc(Br)c1. The maximum Gasteiger partial charge on any atom is 0.256 e. The van der Waals surface area contributed by atoms with E-state index in [2.05, 4.69) is 74.6 Å². The summed E-state index contributed by atoms with van der Waals surface area (Å²) >= 11 is 20.8. The molecule has 0 saturated carbocycles. The third kappa shape index (κ3) is 18.3. The Morgan fingerprint density at radius 1 is 0.711 bits per heavy atom. The summed E-state index contributed by atoms with van der Waals surface area (Å²) in [6.45, 7) is 6.07. The number of halogens is 5. The fourth-order valence-corrected chi connectivity index (χ4v) is 4.06. The largest absolute Gasteiger partial charge is 0.506 e. The molecule has 45 heavy (non-hydrogen) atoms. The van der Waals surface area contributed by atoms with E-state index in [0.717, 1.165) is 33.8 Å². The van der Waals surface area contributed by atoms with E-state index in [0.29, 0.717) is 46.8 Å². The third-order valence-corrected chi connectivity index (χ3v) is 6.78. The lowest BCUT2D eigenvalue weighted by atomic mass is 10.3. The van der Waals surface area contributed by atoms with Crippen LogP contribution in [0.25, 0.3) is 0 Å². The van der Waals surface area contributed by atoms with Crippen LogP contribution in [0.1, 0.15) is 31.7 Å². The normalized spacial score (nSPS) is 9.80. The molecule has 0 unspecified atom stereocenters. The molecule has 0 saturated heterocycles. The molecule has 0 atom stereocenters. The smallest absolute Gasteiger partial charge is 0.256 e. The van der Waals surface area contributed by atoms with Crippen LogP contribution in [0.4, 0.5) is 0 Å². The number of ether oxygens (including phenoxy) is 4. The van der Waals surface area contributed by atoms with Gasteiger partial charge in [0.15, 0.2) is 27.6 Å². The van der Waals surface area contributed by atoms with E-state index in [9.17, 15) is 0 Å². The minimum absolute atomic E-state index is 0.00829. The monoisotopic (exact) mass is 854 g/mol. The first-order chi connectivity index (χ1) is 21.5. The molecule has 0 aliphatic rings. The molecular formula is C30H35Br3Cl2N4O6. The van der Waals surface area contributed by atoms with Crippen LogP contribution in [0.5, 0.6) is 28.9 Å². The van der Waals surface area contributed by atoms with Gasteiger partial charge < -0.3 is 29.2 Å². The number of unbranched alkanes of at least 4 members (excludes halogenated alkanes) is 1. The van der Waals surface area contributed by atoms with Gasteiger partial charge in [-0.25, -0.2) is 15.0 Å². The molecule has 4 rings (SSSR count). The van der Waals surface area contributed by atoms with Crippen molar-refractivity contribution in [2.45, 2.75) is 33.1 Å². The Balaban J connectivity index is 0.000000309. The quantitative estimate of drug-likeness (QED) is 0.118. The predicted molar refractivity (Wildman–Crippen MR) is 187 cm³/mol. The molecule has 0 aliphatic carbocycles. The standard InChI is InChI=1S/C10H14BrNO3.C10H14ClNO.C5H3BrClNO.C5H4BrNO/c1-13-4-3-5-15-9-6-8(11)7-12-10(9)14-2;1-3-4-5-13-9-6-8(2)7-12-10(9)11;6-3-1-4(9)5(7)8-2-3;6-4-1-5(8)3-7-2-4/h6-7H,3-5H2,1-2H3;6-7H,3-5H2,1-2H3;1-2,9H;1-3,8H. The highest BCUT2D eigenvalue weighted by atomic mass is 79.9. The summed E-state index contributed by atoms with van der Waals surface area (Å²) in [5.74, 6) is 2.00. The molecule has 4 aromatic heterocycles. The van der Waals surface area contributed by atoms with Crippen LogP contribution in [-0.2, 0) is 4.74 Å². The highest BCUT2D eigenvalue weighted by molar-refractivity contribution is 9.11. The number of methoxy groups -OCH3 is 2. The zero-order valence-electron chi connectivity index (χ0n) is 25.1. The number of aryl methyl sites for hydroxylation is 1. The van der Waals surface area contributed by atoms with E-state index in [1.165, 1.54) is 18.5 Å². The van der Waals surface area contributed by atoms with Gasteiger partial charge in [0.25, 0.3) is 5.88 Å². The van der Waals surface area contributed by atoms with Crippen molar-refractivity contribution in [1.82, 2.24) is 19.9 Å². The number of hydrogen-bond acceptors (Lipinski definition) is 10. The Labute approximate surface area is 298 Å². The van der Waals surface area contributed by atoms with E-state index in [1.54, 1.807) is 38.9 Å². The number of pyridine rings is 4. The number of aromatic hydroxyl groups is 2. The average Bonchev–Trinajstić information content (AvgIpc) is 3.00. The molecular weight excluding hydrogens is 823 g/mol. The van der Waals surface area contributed by atoms with Crippen molar-refractivity contribution >= 4 is 71.0 Å². The first kappa shape index (κ1) is 40.6. The van der Waals surface area contributed by atoms with Crippen LogP contribution in [-0.4, -0.2) is 64.2 Å². The highest BCUT2D eigenvalue weighted by Crippen LogP contribution is 2.27. The second-order valence-electron chi connectivity index (χ2n) is 8.68. The van der Waals surface area contributed by atoms with Gasteiger partial charge in [-0.15, -0.1) is 0 Å². The van der Waals surface area contributed by atoms with Crippen molar-refractivity contribution in [3.63, 3.8) is 0 Å². The summed E-state index contributed by atoms with van der Waals surface area (Å²) in [6, 6.07) is 6.80. The van der Waals surface area contributed by atoms with Crippen molar-refractivity contribution in [2.75, 3.05) is 34.0 Å². The first-order valence-electron chi connectivity index (χ1n) is 13.4. The molecule has 0 radical (unpaired) electrons. The Hall–Kier alpha value is -2.42. The number of nitrogens with zero attached hydrogens (tertiary/aromatic N) is 4. The topological polar surface area (TPSA) is 129 Å². The molecule has 10 nitrogen and oxygen atoms in total. The summed E-state index contributed by atoms with van der Waals surface area (Å²) in [7, 11) is 3.24.